The SMILES string of the molecule is Cc1c(Cl)ccc2cc(CCCN)[nH]c12. The standard InChI is InChI=1S/C12H15ClN2/c1-8-11(13)5-4-9-7-10(3-2-6-14)15-12(8)9/h4-5,7,15H,2-3,6,14H2,1H3. The van der Waals surface area contributed by atoms with E-state index in [-0.39, 0.29) is 0 Å². The lowest BCUT2D eigenvalue weighted by Gasteiger charge is -1.98. The van der Waals surface area contributed by atoms with Crippen molar-refractivity contribution in [2.24, 2.45) is 5.73 Å². The molecule has 1 aromatic heterocycles. The maximum atomic E-state index is 6.06. The van der Waals surface area contributed by atoms with Crippen LogP contribution in [0.25, 0.3) is 10.9 Å². The number of rotatable bonds is 3. The maximum absolute atomic E-state index is 6.06. The molecular formula is C12H15ClN2. The summed E-state index contributed by atoms with van der Waals surface area (Å²) >= 11 is 6.06. The molecule has 0 atom stereocenters. The first-order valence-electron chi connectivity index (χ1n) is 5.19. The molecule has 0 aliphatic heterocycles. The number of hydrogen-bond acceptors (Lipinski definition) is 1. The monoisotopic (exact) mass is 222 g/mol. The minimum Gasteiger partial charge on any atom is -0.358 e. The summed E-state index contributed by atoms with van der Waals surface area (Å²) in [5, 5.41) is 2.04. The zero-order chi connectivity index (χ0) is 10.8. The fourth-order valence-corrected chi connectivity index (χ4v) is 1.96. The lowest BCUT2D eigenvalue weighted by atomic mass is 10.1. The van der Waals surface area contributed by atoms with Gasteiger partial charge in [-0.3, -0.25) is 0 Å². The summed E-state index contributed by atoms with van der Waals surface area (Å²) in [5.74, 6) is 0. The molecule has 15 heavy (non-hydrogen) atoms. The molecule has 3 heteroatoms. The van der Waals surface area contributed by atoms with Gasteiger partial charge >= 0.3 is 0 Å². The van der Waals surface area contributed by atoms with Gasteiger partial charge in [0.1, 0.15) is 0 Å². The van der Waals surface area contributed by atoms with Gasteiger partial charge in [-0.05, 0) is 44.0 Å². The van der Waals surface area contributed by atoms with Crippen molar-refractivity contribution in [1.82, 2.24) is 4.98 Å². The van der Waals surface area contributed by atoms with Crippen molar-refractivity contribution in [1.29, 1.82) is 0 Å². The molecule has 0 aliphatic rings. The van der Waals surface area contributed by atoms with Gasteiger partial charge in [0, 0.05) is 16.1 Å². The lowest BCUT2D eigenvalue weighted by Crippen LogP contribution is -2.00. The van der Waals surface area contributed by atoms with E-state index in [1.165, 1.54) is 11.1 Å². The molecule has 1 heterocycles. The van der Waals surface area contributed by atoms with Crippen LogP contribution in [0.4, 0.5) is 0 Å². The Balaban J connectivity index is 2.42. The Morgan fingerprint density at radius 3 is 2.93 bits per heavy atom. The summed E-state index contributed by atoms with van der Waals surface area (Å²) in [7, 11) is 0. The molecule has 2 rings (SSSR count). The molecule has 0 saturated heterocycles. The number of aromatic nitrogens is 1. The van der Waals surface area contributed by atoms with E-state index in [1.54, 1.807) is 0 Å². The van der Waals surface area contributed by atoms with Crippen molar-refractivity contribution in [3.63, 3.8) is 0 Å². The average molecular weight is 223 g/mol. The number of fused-ring (bicyclic) bond motifs is 1. The van der Waals surface area contributed by atoms with Crippen molar-refractivity contribution < 1.29 is 0 Å². The van der Waals surface area contributed by atoms with E-state index < -0.39 is 0 Å². The van der Waals surface area contributed by atoms with Crippen LogP contribution in [0, 0.1) is 6.92 Å². The third kappa shape index (κ3) is 2.01. The van der Waals surface area contributed by atoms with Gasteiger partial charge in [-0.25, -0.2) is 0 Å². The van der Waals surface area contributed by atoms with Crippen LogP contribution < -0.4 is 5.73 Å². The smallest absolute Gasteiger partial charge is 0.0500 e. The number of aryl methyl sites for hydroxylation is 2. The number of halogens is 1. The van der Waals surface area contributed by atoms with Crippen molar-refractivity contribution in [2.45, 2.75) is 19.8 Å². The molecule has 0 saturated carbocycles. The topological polar surface area (TPSA) is 41.8 Å². The van der Waals surface area contributed by atoms with E-state index in [0.29, 0.717) is 0 Å². The highest BCUT2D eigenvalue weighted by atomic mass is 35.5. The summed E-state index contributed by atoms with van der Waals surface area (Å²) in [6, 6.07) is 6.17. The Morgan fingerprint density at radius 2 is 2.20 bits per heavy atom. The number of hydrogen-bond donors (Lipinski definition) is 2. The second-order valence-corrected chi connectivity index (χ2v) is 4.23. The van der Waals surface area contributed by atoms with Crippen LogP contribution in [0.15, 0.2) is 18.2 Å². The largest absolute Gasteiger partial charge is 0.358 e. The highest BCUT2D eigenvalue weighted by molar-refractivity contribution is 6.32. The van der Waals surface area contributed by atoms with Crippen LogP contribution in [0.5, 0.6) is 0 Å². The van der Waals surface area contributed by atoms with E-state index in [0.717, 1.165) is 35.5 Å². The Hall–Kier alpha value is -0.990. The first kappa shape index (κ1) is 10.5. The molecule has 2 aromatic rings. The molecule has 80 valence electrons. The summed E-state index contributed by atoms with van der Waals surface area (Å²) in [4.78, 5) is 3.40. The minimum absolute atomic E-state index is 0.731. The molecule has 0 unspecified atom stereocenters. The zero-order valence-corrected chi connectivity index (χ0v) is 9.56. The van der Waals surface area contributed by atoms with Gasteiger partial charge in [0.25, 0.3) is 0 Å². The van der Waals surface area contributed by atoms with Crippen LogP contribution in [-0.4, -0.2) is 11.5 Å². The normalized spacial score (nSPS) is 11.1. The van der Waals surface area contributed by atoms with Crippen LogP contribution in [-0.2, 0) is 6.42 Å². The third-order valence-electron chi connectivity index (χ3n) is 2.70. The molecule has 0 amide bonds. The maximum Gasteiger partial charge on any atom is 0.0500 e. The van der Waals surface area contributed by atoms with Crippen LogP contribution >= 0.6 is 11.6 Å². The van der Waals surface area contributed by atoms with Gasteiger partial charge in [0.05, 0.1) is 5.52 Å². The Bertz CT molecular complexity index is 474. The summed E-state index contributed by atoms with van der Waals surface area (Å²) in [6.07, 6.45) is 2.02. The summed E-state index contributed by atoms with van der Waals surface area (Å²) in [6.45, 7) is 2.77. The molecular weight excluding hydrogens is 208 g/mol. The molecule has 0 radical (unpaired) electrons. The van der Waals surface area contributed by atoms with E-state index >= 15 is 0 Å². The summed E-state index contributed by atoms with van der Waals surface area (Å²) in [5.41, 5.74) is 8.99. The van der Waals surface area contributed by atoms with Gasteiger partial charge in [0.2, 0.25) is 0 Å². The fourth-order valence-electron chi connectivity index (χ4n) is 1.80. The third-order valence-corrected chi connectivity index (χ3v) is 3.11. The first-order chi connectivity index (χ1) is 7.22. The van der Waals surface area contributed by atoms with Crippen molar-refractivity contribution in [3.8, 4) is 0 Å². The zero-order valence-electron chi connectivity index (χ0n) is 8.81. The number of H-pyrrole nitrogens is 1. The number of benzene rings is 1. The Morgan fingerprint density at radius 1 is 1.40 bits per heavy atom. The summed E-state index contributed by atoms with van der Waals surface area (Å²) < 4.78 is 0. The van der Waals surface area contributed by atoms with Crippen molar-refractivity contribution in [2.75, 3.05) is 6.54 Å². The molecule has 0 spiro atoms. The van der Waals surface area contributed by atoms with E-state index in [2.05, 4.69) is 11.1 Å². The van der Waals surface area contributed by atoms with Crippen LogP contribution in [0.2, 0.25) is 5.02 Å². The fraction of sp³-hybridized carbons (Fsp3) is 0.333. The Kier molecular flexibility index (Phi) is 2.98. The second kappa shape index (κ2) is 4.25. The highest BCUT2D eigenvalue weighted by Crippen LogP contribution is 2.25. The van der Waals surface area contributed by atoms with Crippen molar-refractivity contribution >= 4 is 22.5 Å². The van der Waals surface area contributed by atoms with Gasteiger partial charge in [-0.15, -0.1) is 0 Å². The minimum atomic E-state index is 0.731. The first-order valence-corrected chi connectivity index (χ1v) is 5.57. The predicted octanol–water partition coefficient (Wildman–Crippen LogP) is 3.02. The van der Waals surface area contributed by atoms with Gasteiger partial charge in [-0.1, -0.05) is 17.7 Å². The number of aromatic amines is 1. The van der Waals surface area contributed by atoms with E-state index in [1.807, 2.05) is 19.1 Å². The van der Waals surface area contributed by atoms with Crippen LogP contribution in [0.1, 0.15) is 17.7 Å². The van der Waals surface area contributed by atoms with Crippen LogP contribution in [0.3, 0.4) is 0 Å². The quantitative estimate of drug-likeness (QED) is 0.824. The van der Waals surface area contributed by atoms with E-state index in [9.17, 15) is 0 Å². The molecule has 1 aromatic carbocycles. The van der Waals surface area contributed by atoms with Crippen molar-refractivity contribution in [3.05, 3.63) is 34.5 Å². The predicted molar refractivity (Wildman–Crippen MR) is 65.4 cm³/mol. The highest BCUT2D eigenvalue weighted by Gasteiger charge is 2.05. The van der Waals surface area contributed by atoms with Gasteiger partial charge < -0.3 is 10.7 Å². The molecule has 0 bridgehead atoms. The molecule has 3 N–H and O–H groups in total. The molecule has 2 nitrogen and oxygen atoms in total. The Labute approximate surface area is 94.4 Å². The number of nitrogens with one attached hydrogen (secondary N) is 1. The lowest BCUT2D eigenvalue weighted by molar-refractivity contribution is 0.817. The average Bonchev–Trinajstić information content (AvgIpc) is 2.64. The molecule has 0 fully saturated rings. The number of nitrogens with two attached hydrogens (primary N) is 1. The molecule has 0 aliphatic carbocycles. The van der Waals surface area contributed by atoms with Gasteiger partial charge in [0.15, 0.2) is 0 Å². The second-order valence-electron chi connectivity index (χ2n) is 3.82. The van der Waals surface area contributed by atoms with Gasteiger partial charge in [-0.2, -0.15) is 0 Å². The van der Waals surface area contributed by atoms with E-state index in [4.69, 9.17) is 17.3 Å².